The van der Waals surface area contributed by atoms with Gasteiger partial charge in [0, 0.05) is 5.54 Å². The van der Waals surface area contributed by atoms with Crippen molar-refractivity contribution in [2.75, 3.05) is 0 Å². The molecule has 0 aliphatic carbocycles. The highest BCUT2D eigenvalue weighted by Gasteiger charge is 2.24. The summed E-state index contributed by atoms with van der Waals surface area (Å²) in [6.07, 6.45) is 0. The highest BCUT2D eigenvalue weighted by molar-refractivity contribution is 8.00. The number of carbonyl (C=O) groups excluding carboxylic acids is 1. The van der Waals surface area contributed by atoms with E-state index in [1.54, 1.807) is 11.3 Å². The van der Waals surface area contributed by atoms with Crippen LogP contribution in [0.15, 0.2) is 53.0 Å². The van der Waals surface area contributed by atoms with Gasteiger partial charge in [0.25, 0.3) is 0 Å². The van der Waals surface area contributed by atoms with Crippen LogP contribution in [0, 0.1) is 0 Å². The fraction of sp³-hybridized carbons (Fsp3) is 0.350. The van der Waals surface area contributed by atoms with E-state index >= 15 is 0 Å². The minimum atomic E-state index is -0.265. The van der Waals surface area contributed by atoms with E-state index in [1.165, 1.54) is 17.3 Å². The van der Waals surface area contributed by atoms with E-state index in [0.717, 1.165) is 15.9 Å². The first-order chi connectivity index (χ1) is 12.8. The van der Waals surface area contributed by atoms with Gasteiger partial charge in [0.2, 0.25) is 5.91 Å². The maximum atomic E-state index is 12.5. The molecule has 0 spiro atoms. The maximum absolute atomic E-state index is 12.5. The molecular weight excluding hydrogens is 376 g/mol. The predicted octanol–water partition coefficient (Wildman–Crippen LogP) is 4.45. The van der Waals surface area contributed by atoms with Crippen LogP contribution in [-0.4, -0.2) is 31.5 Å². The molecule has 142 valence electrons. The third-order valence-electron chi connectivity index (χ3n) is 3.79. The van der Waals surface area contributed by atoms with E-state index in [2.05, 4.69) is 32.2 Å². The first kappa shape index (κ1) is 19.6. The Hall–Kier alpha value is -2.12. The van der Waals surface area contributed by atoms with E-state index in [-0.39, 0.29) is 16.7 Å². The fourth-order valence-corrected chi connectivity index (χ4v) is 4.12. The summed E-state index contributed by atoms with van der Waals surface area (Å²) in [7, 11) is 0. The molecule has 5 nitrogen and oxygen atoms in total. The molecule has 1 N–H and O–H groups in total. The smallest absolute Gasteiger partial charge is 0.233 e. The minimum absolute atomic E-state index is 0.000523. The molecule has 1 atom stereocenters. The number of aromatic nitrogens is 3. The lowest BCUT2D eigenvalue weighted by molar-refractivity contribution is -0.121. The first-order valence-electron chi connectivity index (χ1n) is 8.83. The summed E-state index contributed by atoms with van der Waals surface area (Å²) < 4.78 is 2.09. The lowest BCUT2D eigenvalue weighted by Gasteiger charge is -2.23. The van der Waals surface area contributed by atoms with Crippen LogP contribution in [0.4, 0.5) is 0 Å². The van der Waals surface area contributed by atoms with E-state index in [0.29, 0.717) is 6.54 Å². The average Bonchev–Trinajstić information content (AvgIpc) is 3.25. The zero-order chi connectivity index (χ0) is 19.4. The van der Waals surface area contributed by atoms with Gasteiger partial charge >= 0.3 is 0 Å². The number of amides is 1. The van der Waals surface area contributed by atoms with Crippen molar-refractivity contribution in [1.82, 2.24) is 20.1 Å². The Balaban J connectivity index is 1.87. The van der Waals surface area contributed by atoms with Crippen molar-refractivity contribution in [3.8, 4) is 10.7 Å². The van der Waals surface area contributed by atoms with Crippen LogP contribution in [0.2, 0.25) is 0 Å². The van der Waals surface area contributed by atoms with Gasteiger partial charge in [-0.3, -0.25) is 9.36 Å². The maximum Gasteiger partial charge on any atom is 0.233 e. The normalized spacial score (nSPS) is 12.7. The van der Waals surface area contributed by atoms with E-state index < -0.39 is 0 Å². The van der Waals surface area contributed by atoms with E-state index in [1.807, 2.05) is 63.4 Å². The van der Waals surface area contributed by atoms with Crippen LogP contribution in [0.25, 0.3) is 10.7 Å². The van der Waals surface area contributed by atoms with E-state index in [9.17, 15) is 4.79 Å². The minimum Gasteiger partial charge on any atom is -0.351 e. The number of hydrogen-bond donors (Lipinski definition) is 1. The van der Waals surface area contributed by atoms with Gasteiger partial charge in [0.05, 0.1) is 16.7 Å². The Morgan fingerprint density at radius 2 is 1.93 bits per heavy atom. The fourth-order valence-electron chi connectivity index (χ4n) is 2.56. The summed E-state index contributed by atoms with van der Waals surface area (Å²) in [5, 5.41) is 14.3. The Labute approximate surface area is 168 Å². The molecule has 2 heterocycles. The first-order valence-corrected chi connectivity index (χ1v) is 10.6. The molecule has 0 saturated carbocycles. The molecule has 27 heavy (non-hydrogen) atoms. The molecule has 0 fully saturated rings. The molecule has 0 saturated heterocycles. The third-order valence-corrected chi connectivity index (χ3v) is 5.74. The number of nitrogens with one attached hydrogen (secondary N) is 1. The molecule has 0 aliphatic heterocycles. The third kappa shape index (κ3) is 5.20. The van der Waals surface area contributed by atoms with Crippen LogP contribution >= 0.6 is 23.1 Å². The van der Waals surface area contributed by atoms with Crippen molar-refractivity contribution >= 4 is 29.0 Å². The zero-order valence-electron chi connectivity index (χ0n) is 16.0. The Morgan fingerprint density at radius 3 is 2.56 bits per heavy atom. The number of benzene rings is 1. The Bertz CT molecular complexity index is 883. The van der Waals surface area contributed by atoms with Crippen molar-refractivity contribution in [2.45, 2.75) is 50.2 Å². The van der Waals surface area contributed by atoms with Gasteiger partial charge in [0.15, 0.2) is 11.0 Å². The second kappa shape index (κ2) is 8.27. The molecule has 3 aromatic rings. The SMILES string of the molecule is C[C@@H](Sc1nnc(-c2cccs2)n1Cc1ccccc1)C(=O)NC(C)(C)C. The molecule has 1 aromatic carbocycles. The van der Waals surface area contributed by atoms with Crippen molar-refractivity contribution in [2.24, 2.45) is 0 Å². The monoisotopic (exact) mass is 400 g/mol. The topological polar surface area (TPSA) is 59.8 Å². The standard InChI is InChI=1S/C20H24N4OS2/c1-14(18(25)21-20(2,3)4)27-19-23-22-17(16-11-8-12-26-16)24(19)13-15-9-6-5-7-10-15/h5-12,14H,13H2,1-4H3,(H,21,25)/t14-/m1/s1. The molecule has 0 aliphatic rings. The molecular formula is C20H24N4OS2. The van der Waals surface area contributed by atoms with Crippen LogP contribution in [0.1, 0.15) is 33.3 Å². The summed E-state index contributed by atoms with van der Waals surface area (Å²) in [4.78, 5) is 13.5. The summed E-state index contributed by atoms with van der Waals surface area (Å²) in [6, 6.07) is 14.3. The number of rotatable bonds is 6. The molecule has 3 rings (SSSR count). The van der Waals surface area contributed by atoms with Crippen molar-refractivity contribution < 1.29 is 4.79 Å². The lowest BCUT2D eigenvalue weighted by Crippen LogP contribution is -2.44. The van der Waals surface area contributed by atoms with Crippen LogP contribution in [0.5, 0.6) is 0 Å². The summed E-state index contributed by atoms with van der Waals surface area (Å²) >= 11 is 3.07. The molecule has 1 amide bonds. The average molecular weight is 401 g/mol. The summed E-state index contributed by atoms with van der Waals surface area (Å²) in [6.45, 7) is 8.51. The van der Waals surface area contributed by atoms with Gasteiger partial charge in [-0.05, 0) is 44.7 Å². The van der Waals surface area contributed by atoms with Gasteiger partial charge in [-0.1, -0.05) is 48.2 Å². The highest BCUT2D eigenvalue weighted by Crippen LogP contribution is 2.30. The van der Waals surface area contributed by atoms with Gasteiger partial charge in [-0.25, -0.2) is 0 Å². The second-order valence-corrected chi connectivity index (χ2v) is 9.61. The number of thiophene rings is 1. The molecule has 0 bridgehead atoms. The Kier molecular flexibility index (Phi) is 6.01. The van der Waals surface area contributed by atoms with Gasteiger partial charge < -0.3 is 5.32 Å². The molecule has 2 aromatic heterocycles. The number of carbonyl (C=O) groups is 1. The summed E-state index contributed by atoms with van der Waals surface area (Å²) in [5.74, 6) is 0.833. The van der Waals surface area contributed by atoms with Crippen molar-refractivity contribution in [1.29, 1.82) is 0 Å². The van der Waals surface area contributed by atoms with Crippen LogP contribution in [-0.2, 0) is 11.3 Å². The van der Waals surface area contributed by atoms with Crippen LogP contribution in [0.3, 0.4) is 0 Å². The Morgan fingerprint density at radius 1 is 1.19 bits per heavy atom. The predicted molar refractivity (Wildman–Crippen MR) is 112 cm³/mol. The summed E-state index contributed by atoms with van der Waals surface area (Å²) in [5.41, 5.74) is 0.912. The number of hydrogen-bond acceptors (Lipinski definition) is 5. The number of thioether (sulfide) groups is 1. The molecule has 0 unspecified atom stereocenters. The van der Waals surface area contributed by atoms with Crippen molar-refractivity contribution in [3.63, 3.8) is 0 Å². The zero-order valence-corrected chi connectivity index (χ0v) is 17.6. The number of nitrogens with zero attached hydrogens (tertiary/aromatic N) is 3. The molecule has 7 heteroatoms. The van der Waals surface area contributed by atoms with E-state index in [4.69, 9.17) is 0 Å². The quantitative estimate of drug-likeness (QED) is 0.621. The van der Waals surface area contributed by atoms with Gasteiger partial charge in [0.1, 0.15) is 0 Å². The van der Waals surface area contributed by atoms with Crippen LogP contribution < -0.4 is 5.32 Å². The largest absolute Gasteiger partial charge is 0.351 e. The second-order valence-electron chi connectivity index (χ2n) is 7.35. The van der Waals surface area contributed by atoms with Gasteiger partial charge in [-0.15, -0.1) is 21.5 Å². The highest BCUT2D eigenvalue weighted by atomic mass is 32.2. The van der Waals surface area contributed by atoms with Crippen molar-refractivity contribution in [3.05, 3.63) is 53.4 Å². The van der Waals surface area contributed by atoms with Gasteiger partial charge in [-0.2, -0.15) is 0 Å². The lowest BCUT2D eigenvalue weighted by atomic mass is 10.1. The molecule has 0 radical (unpaired) electrons.